The van der Waals surface area contributed by atoms with Gasteiger partial charge in [-0.1, -0.05) is 78.9 Å². The highest BCUT2D eigenvalue weighted by Crippen LogP contribution is 2.37. The zero-order valence-electron chi connectivity index (χ0n) is 31.8. The Morgan fingerprint density at radius 1 is 0.655 bits per heavy atom. The highest BCUT2D eigenvalue weighted by Gasteiger charge is 2.33. The van der Waals surface area contributed by atoms with Gasteiger partial charge < -0.3 is 14.4 Å². The molecular weight excluding hydrogens is 683 g/mol. The molecule has 0 saturated heterocycles. The Kier molecular flexibility index (Phi) is 9.57. The molecule has 0 unspecified atom stereocenters. The van der Waals surface area contributed by atoms with Crippen molar-refractivity contribution in [3.8, 4) is 11.3 Å². The van der Waals surface area contributed by atoms with E-state index in [0.717, 1.165) is 57.1 Å². The molecular formula is C47H45N5O3. The number of amides is 4. The van der Waals surface area contributed by atoms with E-state index in [4.69, 9.17) is 0 Å². The van der Waals surface area contributed by atoms with Crippen LogP contribution in [-0.4, -0.2) is 51.8 Å². The molecule has 8 heteroatoms. The second kappa shape index (κ2) is 14.8. The molecule has 0 N–H and O–H groups in total. The largest absolute Gasteiger partial charge is 0.347 e. The van der Waals surface area contributed by atoms with Crippen LogP contribution in [0.3, 0.4) is 0 Å². The number of hydrogen-bond acceptors (Lipinski definition) is 3. The maximum atomic E-state index is 15.0. The summed E-state index contributed by atoms with van der Waals surface area (Å²) in [5.41, 5.74) is 10.3. The molecule has 6 aromatic rings. The van der Waals surface area contributed by atoms with Gasteiger partial charge in [-0.15, -0.1) is 0 Å². The molecule has 0 aliphatic carbocycles. The second-order valence-corrected chi connectivity index (χ2v) is 14.7. The van der Waals surface area contributed by atoms with Crippen LogP contribution in [0.2, 0.25) is 0 Å². The van der Waals surface area contributed by atoms with Crippen LogP contribution in [0.5, 0.6) is 0 Å². The number of aromatic nitrogens is 1. The van der Waals surface area contributed by atoms with E-state index < -0.39 is 0 Å². The average molecular weight is 728 g/mol. The molecule has 8 nitrogen and oxygen atoms in total. The zero-order valence-corrected chi connectivity index (χ0v) is 31.8. The van der Waals surface area contributed by atoms with Gasteiger partial charge in [-0.3, -0.25) is 19.4 Å². The normalized spacial score (nSPS) is 14.9. The van der Waals surface area contributed by atoms with E-state index in [2.05, 4.69) is 31.2 Å². The Morgan fingerprint density at radius 3 is 1.87 bits per heavy atom. The molecule has 3 heterocycles. The number of para-hydroxylation sites is 3. The third-order valence-electron chi connectivity index (χ3n) is 11.3. The van der Waals surface area contributed by atoms with Crippen LogP contribution in [0.15, 0.2) is 133 Å². The van der Waals surface area contributed by atoms with Crippen molar-refractivity contribution < 1.29 is 14.4 Å². The van der Waals surface area contributed by atoms with Gasteiger partial charge in [-0.05, 0) is 104 Å². The highest BCUT2D eigenvalue weighted by molar-refractivity contribution is 6.12. The number of urea groups is 1. The lowest BCUT2D eigenvalue weighted by Gasteiger charge is -2.36. The van der Waals surface area contributed by atoms with Gasteiger partial charge in [0, 0.05) is 79.3 Å². The van der Waals surface area contributed by atoms with Crippen molar-refractivity contribution in [2.75, 3.05) is 23.4 Å². The number of carbonyl (C=O) groups excluding carboxylic acids is 3. The summed E-state index contributed by atoms with van der Waals surface area (Å²) in [6.07, 6.45) is 1.41. The summed E-state index contributed by atoms with van der Waals surface area (Å²) in [6.45, 7) is 5.52. The van der Waals surface area contributed by atoms with E-state index in [9.17, 15) is 14.4 Å². The molecule has 4 amide bonds. The Balaban J connectivity index is 1.21. The third-order valence-corrected chi connectivity index (χ3v) is 11.3. The first-order valence-electron chi connectivity index (χ1n) is 18.9. The van der Waals surface area contributed by atoms with E-state index in [1.807, 2.05) is 138 Å². The van der Waals surface area contributed by atoms with Crippen LogP contribution in [-0.2, 0) is 33.0 Å². The Labute approximate surface area is 322 Å². The fourth-order valence-electron chi connectivity index (χ4n) is 8.07. The Bertz CT molecular complexity index is 2350. The lowest BCUT2D eigenvalue weighted by atomic mass is 9.90. The SMILES string of the molecule is Cc1c(C(=O)N(c2ccccc2)c2ccccc2)cc(-c2cc3c(cc2C(=O)N2Cc4ccccc4C[C@H]2C)CN(C(=O)N(C)c2ccccc2)CC3)n1C. The monoisotopic (exact) mass is 727 g/mol. The van der Waals surface area contributed by atoms with E-state index in [1.165, 1.54) is 5.56 Å². The van der Waals surface area contributed by atoms with Gasteiger partial charge in [-0.25, -0.2) is 4.79 Å². The standard InChI is InChI=1S/C47H45N5O3/c1-32-26-34-16-14-15-17-36(34)31-51(32)45(53)43-28-37-30-50(47(55)49(4)38-18-8-5-9-19-38)25-24-35(37)27-42(43)44-29-41(33(2)48(44)3)46(54)52(39-20-10-6-11-21-39)40-22-12-7-13-23-40/h5-23,27-29,32H,24-26,30-31H2,1-4H3/t32-/m1/s1. The summed E-state index contributed by atoms with van der Waals surface area (Å²) in [5, 5.41) is 0. The lowest BCUT2D eigenvalue weighted by molar-refractivity contribution is 0.0658. The third kappa shape index (κ3) is 6.69. The topological polar surface area (TPSA) is 69.1 Å². The van der Waals surface area contributed by atoms with Crippen molar-refractivity contribution in [1.29, 1.82) is 0 Å². The molecule has 2 aliphatic heterocycles. The van der Waals surface area contributed by atoms with E-state index in [1.54, 1.807) is 16.8 Å². The molecule has 8 rings (SSSR count). The number of rotatable bonds is 6. The summed E-state index contributed by atoms with van der Waals surface area (Å²) in [5.74, 6) is -0.216. The first-order valence-corrected chi connectivity index (χ1v) is 18.9. The van der Waals surface area contributed by atoms with Crippen LogP contribution in [0.25, 0.3) is 11.3 Å². The Hall–Kier alpha value is -6.41. The van der Waals surface area contributed by atoms with Gasteiger partial charge >= 0.3 is 6.03 Å². The van der Waals surface area contributed by atoms with Crippen molar-refractivity contribution in [3.63, 3.8) is 0 Å². The van der Waals surface area contributed by atoms with Crippen molar-refractivity contribution in [1.82, 2.24) is 14.4 Å². The average Bonchev–Trinajstić information content (AvgIpc) is 3.53. The smallest absolute Gasteiger partial charge is 0.324 e. The number of carbonyl (C=O) groups is 3. The summed E-state index contributed by atoms with van der Waals surface area (Å²) < 4.78 is 2.03. The number of benzene rings is 5. The second-order valence-electron chi connectivity index (χ2n) is 14.7. The van der Waals surface area contributed by atoms with Crippen LogP contribution in [0.4, 0.5) is 21.9 Å². The van der Waals surface area contributed by atoms with Gasteiger partial charge in [-0.2, -0.15) is 0 Å². The van der Waals surface area contributed by atoms with Gasteiger partial charge in [0.1, 0.15) is 0 Å². The molecule has 2 aliphatic rings. The first-order chi connectivity index (χ1) is 26.7. The molecule has 0 bridgehead atoms. The van der Waals surface area contributed by atoms with Gasteiger partial charge in [0.2, 0.25) is 0 Å². The van der Waals surface area contributed by atoms with Crippen molar-refractivity contribution in [3.05, 3.63) is 173 Å². The van der Waals surface area contributed by atoms with Crippen molar-refractivity contribution in [2.24, 2.45) is 7.05 Å². The van der Waals surface area contributed by atoms with Gasteiger partial charge in [0.05, 0.1) is 5.56 Å². The summed E-state index contributed by atoms with van der Waals surface area (Å²) in [7, 11) is 3.76. The predicted octanol–water partition coefficient (Wildman–Crippen LogP) is 9.18. The molecule has 0 fully saturated rings. The maximum Gasteiger partial charge on any atom is 0.324 e. The van der Waals surface area contributed by atoms with E-state index in [0.29, 0.717) is 37.2 Å². The minimum atomic E-state index is -0.152. The van der Waals surface area contributed by atoms with E-state index in [-0.39, 0.29) is 23.9 Å². The van der Waals surface area contributed by atoms with Crippen LogP contribution < -0.4 is 9.80 Å². The molecule has 276 valence electrons. The summed E-state index contributed by atoms with van der Waals surface area (Å²) in [4.78, 5) is 50.7. The minimum Gasteiger partial charge on any atom is -0.347 e. The molecule has 0 radical (unpaired) electrons. The quantitative estimate of drug-likeness (QED) is 0.172. The van der Waals surface area contributed by atoms with Crippen molar-refractivity contribution >= 4 is 34.9 Å². The molecule has 5 aromatic carbocycles. The molecule has 55 heavy (non-hydrogen) atoms. The first kappa shape index (κ1) is 35.6. The molecule has 1 aromatic heterocycles. The van der Waals surface area contributed by atoms with E-state index >= 15 is 0 Å². The Morgan fingerprint density at radius 2 is 1.24 bits per heavy atom. The highest BCUT2D eigenvalue weighted by atomic mass is 16.2. The fourth-order valence-corrected chi connectivity index (χ4v) is 8.07. The minimum absolute atomic E-state index is 0.0125. The van der Waals surface area contributed by atoms with Crippen LogP contribution >= 0.6 is 0 Å². The number of fused-ring (bicyclic) bond motifs is 2. The fraction of sp³-hybridized carbons (Fsp3) is 0.213. The summed E-state index contributed by atoms with van der Waals surface area (Å²) >= 11 is 0. The molecule has 0 saturated carbocycles. The number of nitrogens with zero attached hydrogens (tertiary/aromatic N) is 5. The molecule has 0 spiro atoms. The van der Waals surface area contributed by atoms with Gasteiger partial charge in [0.15, 0.2) is 0 Å². The molecule has 1 atom stereocenters. The van der Waals surface area contributed by atoms with Gasteiger partial charge in [0.25, 0.3) is 11.8 Å². The van der Waals surface area contributed by atoms with Crippen LogP contribution in [0, 0.1) is 6.92 Å². The van der Waals surface area contributed by atoms with Crippen LogP contribution in [0.1, 0.15) is 55.6 Å². The van der Waals surface area contributed by atoms with Crippen molar-refractivity contribution in [2.45, 2.75) is 45.8 Å². The summed E-state index contributed by atoms with van der Waals surface area (Å²) in [6, 6.07) is 43.3. The predicted molar refractivity (Wildman–Crippen MR) is 219 cm³/mol. The zero-order chi connectivity index (χ0) is 38.2. The lowest BCUT2D eigenvalue weighted by Crippen LogP contribution is -2.44. The number of hydrogen-bond donors (Lipinski definition) is 0. The maximum absolute atomic E-state index is 15.0. The number of anilines is 3.